The highest BCUT2D eigenvalue weighted by molar-refractivity contribution is 5.92. The highest BCUT2D eigenvalue weighted by atomic mass is 16.5. The second kappa shape index (κ2) is 6.59. The van der Waals surface area contributed by atoms with Crippen molar-refractivity contribution < 1.29 is 19.0 Å². The molecule has 1 aromatic carbocycles. The van der Waals surface area contributed by atoms with E-state index in [9.17, 15) is 4.79 Å². The molecule has 150 valence electrons. The summed E-state index contributed by atoms with van der Waals surface area (Å²) in [5.74, 6) is 0.0443. The van der Waals surface area contributed by atoms with Crippen LogP contribution < -0.4 is 4.74 Å². The van der Waals surface area contributed by atoms with Crippen LogP contribution in [0.4, 0.5) is 0 Å². The minimum Gasteiger partial charge on any atom is -0.488 e. The number of esters is 1. The molecule has 5 rings (SSSR count). The summed E-state index contributed by atoms with van der Waals surface area (Å²) in [6, 6.07) is 11.7. The molecule has 2 atom stereocenters. The van der Waals surface area contributed by atoms with Gasteiger partial charge in [-0.25, -0.2) is 9.78 Å². The van der Waals surface area contributed by atoms with E-state index in [4.69, 9.17) is 19.2 Å². The molecule has 3 aromatic rings. The first-order valence-corrected chi connectivity index (χ1v) is 9.93. The number of hydrogen-bond acceptors (Lipinski definition) is 5. The van der Waals surface area contributed by atoms with Crippen molar-refractivity contribution in [1.82, 2.24) is 9.38 Å². The van der Waals surface area contributed by atoms with Gasteiger partial charge in [0.2, 0.25) is 0 Å². The van der Waals surface area contributed by atoms with Gasteiger partial charge in [-0.15, -0.1) is 0 Å². The van der Waals surface area contributed by atoms with Crippen molar-refractivity contribution >= 4 is 11.6 Å². The number of carbonyl (C=O) groups excluding carboxylic acids is 1. The SMILES string of the molecule is COC(=O)c1cn2cc(C34CCC(C)(C3)OC4)nc2cc1OCc1ccccc1. The van der Waals surface area contributed by atoms with Crippen LogP contribution in [0, 0.1) is 0 Å². The fraction of sp³-hybridized carbons (Fsp3) is 0.391. The molecule has 1 aliphatic heterocycles. The van der Waals surface area contributed by atoms with Gasteiger partial charge in [0.25, 0.3) is 0 Å². The van der Waals surface area contributed by atoms with Crippen LogP contribution in [0.25, 0.3) is 5.65 Å². The van der Waals surface area contributed by atoms with E-state index in [1.807, 2.05) is 47.0 Å². The predicted octanol–water partition coefficient (Wildman–Crippen LogP) is 3.91. The van der Waals surface area contributed by atoms with Crippen LogP contribution in [0.15, 0.2) is 48.8 Å². The largest absolute Gasteiger partial charge is 0.488 e. The molecule has 2 unspecified atom stereocenters. The van der Waals surface area contributed by atoms with Gasteiger partial charge >= 0.3 is 5.97 Å². The van der Waals surface area contributed by atoms with Gasteiger partial charge in [-0.3, -0.25) is 0 Å². The number of carbonyl (C=O) groups is 1. The van der Waals surface area contributed by atoms with Crippen molar-refractivity contribution in [2.24, 2.45) is 0 Å². The molecule has 1 saturated carbocycles. The topological polar surface area (TPSA) is 62.1 Å². The van der Waals surface area contributed by atoms with Crippen molar-refractivity contribution in [2.45, 2.75) is 43.8 Å². The van der Waals surface area contributed by atoms with Crippen LogP contribution in [0.2, 0.25) is 0 Å². The quantitative estimate of drug-likeness (QED) is 0.616. The van der Waals surface area contributed by atoms with Gasteiger partial charge in [0.1, 0.15) is 23.6 Å². The molecule has 0 N–H and O–H groups in total. The molecule has 29 heavy (non-hydrogen) atoms. The predicted molar refractivity (Wildman–Crippen MR) is 107 cm³/mol. The van der Waals surface area contributed by atoms with Crippen LogP contribution in [0.3, 0.4) is 0 Å². The number of benzene rings is 1. The molecular formula is C23H24N2O4. The number of pyridine rings is 1. The molecule has 6 nitrogen and oxygen atoms in total. The van der Waals surface area contributed by atoms with E-state index in [-0.39, 0.29) is 11.0 Å². The van der Waals surface area contributed by atoms with Crippen molar-refractivity contribution in [2.75, 3.05) is 13.7 Å². The smallest absolute Gasteiger partial charge is 0.343 e. The Bertz CT molecular complexity index is 1070. The van der Waals surface area contributed by atoms with Crippen molar-refractivity contribution in [3.63, 3.8) is 0 Å². The van der Waals surface area contributed by atoms with Gasteiger partial charge in [-0.2, -0.15) is 0 Å². The van der Waals surface area contributed by atoms with Crippen molar-refractivity contribution in [3.8, 4) is 5.75 Å². The summed E-state index contributed by atoms with van der Waals surface area (Å²) < 4.78 is 18.9. The first kappa shape index (κ1) is 18.2. The number of hydrogen-bond donors (Lipinski definition) is 0. The van der Waals surface area contributed by atoms with Gasteiger partial charge in [0, 0.05) is 23.9 Å². The lowest BCUT2D eigenvalue weighted by atomic mass is 9.84. The molecule has 0 spiro atoms. The van der Waals surface area contributed by atoms with Crippen LogP contribution in [0.5, 0.6) is 5.75 Å². The highest BCUT2D eigenvalue weighted by Gasteiger charge is 2.55. The van der Waals surface area contributed by atoms with Crippen molar-refractivity contribution in [3.05, 3.63) is 65.6 Å². The Morgan fingerprint density at radius 2 is 2.07 bits per heavy atom. The normalized spacial score (nSPS) is 25.4. The van der Waals surface area contributed by atoms with Gasteiger partial charge in [0.05, 0.1) is 25.0 Å². The molecular weight excluding hydrogens is 368 g/mol. The lowest BCUT2D eigenvalue weighted by Gasteiger charge is -2.24. The summed E-state index contributed by atoms with van der Waals surface area (Å²) in [6.45, 7) is 3.25. The maximum absolute atomic E-state index is 12.4. The molecule has 1 aliphatic carbocycles. The van der Waals surface area contributed by atoms with Crippen molar-refractivity contribution in [1.29, 1.82) is 0 Å². The third-order valence-electron chi connectivity index (χ3n) is 6.28. The second-order valence-corrected chi connectivity index (χ2v) is 8.40. The van der Waals surface area contributed by atoms with Crippen LogP contribution in [-0.4, -0.2) is 34.7 Å². The molecule has 2 aromatic heterocycles. The Hall–Kier alpha value is -2.86. The van der Waals surface area contributed by atoms with Gasteiger partial charge in [0.15, 0.2) is 0 Å². The average Bonchev–Trinajstić information content (AvgIpc) is 3.42. The van der Waals surface area contributed by atoms with Crippen LogP contribution >= 0.6 is 0 Å². The fourth-order valence-electron chi connectivity index (χ4n) is 4.64. The molecule has 1 saturated heterocycles. The molecule has 0 radical (unpaired) electrons. The third kappa shape index (κ3) is 3.08. The first-order valence-electron chi connectivity index (χ1n) is 9.93. The lowest BCUT2D eigenvalue weighted by Crippen LogP contribution is -2.26. The van der Waals surface area contributed by atoms with Gasteiger partial charge in [-0.05, 0) is 31.7 Å². The van der Waals surface area contributed by atoms with E-state index >= 15 is 0 Å². The summed E-state index contributed by atoms with van der Waals surface area (Å²) >= 11 is 0. The zero-order valence-electron chi connectivity index (χ0n) is 16.7. The summed E-state index contributed by atoms with van der Waals surface area (Å²) in [7, 11) is 1.38. The standard InChI is InChI=1S/C23H24N2O4/c1-22-8-9-23(14-22,15-29-22)19-12-25-11-17(21(26)27-2)18(10-20(25)24-19)28-13-16-6-4-3-5-7-16/h3-7,10-12H,8-9,13-15H2,1-2H3. The number of fused-ring (bicyclic) bond motifs is 3. The van der Waals surface area contributed by atoms with Crippen LogP contribution in [-0.2, 0) is 21.5 Å². The Morgan fingerprint density at radius 1 is 1.24 bits per heavy atom. The monoisotopic (exact) mass is 392 g/mol. The zero-order chi connectivity index (χ0) is 20.1. The molecule has 3 heterocycles. The van der Waals surface area contributed by atoms with E-state index in [2.05, 4.69) is 6.92 Å². The Balaban J connectivity index is 1.51. The Kier molecular flexibility index (Phi) is 4.13. The summed E-state index contributed by atoms with van der Waals surface area (Å²) in [5.41, 5.74) is 3.13. The summed E-state index contributed by atoms with van der Waals surface area (Å²) in [6.07, 6.45) is 6.89. The molecule has 2 bridgehead atoms. The van der Waals surface area contributed by atoms with E-state index < -0.39 is 5.97 Å². The fourth-order valence-corrected chi connectivity index (χ4v) is 4.64. The summed E-state index contributed by atoms with van der Waals surface area (Å²) in [5, 5.41) is 0. The number of methoxy groups -OCH3 is 1. The van der Waals surface area contributed by atoms with E-state index in [1.165, 1.54) is 7.11 Å². The number of ether oxygens (including phenoxy) is 3. The third-order valence-corrected chi connectivity index (χ3v) is 6.28. The highest BCUT2D eigenvalue weighted by Crippen LogP contribution is 2.53. The summed E-state index contributed by atoms with van der Waals surface area (Å²) in [4.78, 5) is 17.3. The lowest BCUT2D eigenvalue weighted by molar-refractivity contribution is -0.00627. The minimum absolute atomic E-state index is 0.0305. The number of imidazole rings is 1. The molecule has 2 fully saturated rings. The van der Waals surface area contributed by atoms with Gasteiger partial charge in [-0.1, -0.05) is 30.3 Å². The average molecular weight is 392 g/mol. The van der Waals surface area contributed by atoms with E-state index in [0.29, 0.717) is 24.5 Å². The number of nitrogens with zero attached hydrogens (tertiary/aromatic N) is 2. The minimum atomic E-state index is -0.430. The zero-order valence-corrected chi connectivity index (χ0v) is 16.7. The molecule has 2 aliphatic rings. The molecule has 0 amide bonds. The maximum atomic E-state index is 12.4. The van der Waals surface area contributed by atoms with E-state index in [1.54, 1.807) is 6.20 Å². The van der Waals surface area contributed by atoms with Crippen LogP contribution in [0.1, 0.15) is 47.8 Å². The van der Waals surface area contributed by atoms with E-state index in [0.717, 1.165) is 36.2 Å². The number of rotatable bonds is 5. The second-order valence-electron chi connectivity index (χ2n) is 8.40. The Morgan fingerprint density at radius 3 is 2.72 bits per heavy atom. The van der Waals surface area contributed by atoms with Gasteiger partial charge < -0.3 is 18.6 Å². The Labute approximate surface area is 169 Å². The first-order chi connectivity index (χ1) is 14.0. The number of aromatic nitrogens is 2. The maximum Gasteiger partial charge on any atom is 0.343 e. The molecule has 6 heteroatoms.